The molecule has 0 saturated heterocycles. The van der Waals surface area contributed by atoms with E-state index in [1.54, 1.807) is 52.0 Å². The van der Waals surface area contributed by atoms with Crippen molar-refractivity contribution < 1.29 is 24.2 Å². The molecule has 1 aromatic rings. The molecule has 0 aliphatic heterocycles. The van der Waals surface area contributed by atoms with Crippen LogP contribution in [0.3, 0.4) is 0 Å². The number of hydrogen-bond donors (Lipinski definition) is 3. The van der Waals surface area contributed by atoms with Crippen LogP contribution in [0.1, 0.15) is 27.7 Å². The molecule has 0 aromatic heterocycles. The largest absolute Gasteiger partial charge is 0.482 e. The van der Waals surface area contributed by atoms with Crippen LogP contribution in [0.15, 0.2) is 24.3 Å². The van der Waals surface area contributed by atoms with Gasteiger partial charge in [0, 0.05) is 11.1 Å². The van der Waals surface area contributed by atoms with Gasteiger partial charge in [0.25, 0.3) is 0 Å². The summed E-state index contributed by atoms with van der Waals surface area (Å²) < 4.78 is 5.00. The van der Waals surface area contributed by atoms with Gasteiger partial charge < -0.3 is 20.5 Å². The summed E-state index contributed by atoms with van der Waals surface area (Å²) in [5.74, 6) is -1.23. The fourth-order valence-electron chi connectivity index (χ4n) is 1.51. The highest BCUT2D eigenvalue weighted by Gasteiger charge is 2.25. The Hall–Kier alpha value is -2.57. The normalized spacial score (nSPS) is 12.2. The molecule has 0 aliphatic rings. The van der Waals surface area contributed by atoms with Crippen LogP contribution in [-0.4, -0.2) is 35.5 Å². The molecule has 0 bridgehead atoms. The zero-order valence-electron chi connectivity index (χ0n) is 13.7. The lowest BCUT2D eigenvalue weighted by Crippen LogP contribution is -2.46. The second-order valence-corrected chi connectivity index (χ2v) is 6.14. The number of amides is 2. The van der Waals surface area contributed by atoms with Crippen molar-refractivity contribution in [2.24, 2.45) is 5.41 Å². The number of nitrogens with one attached hydrogen (secondary N) is 2. The first kappa shape index (κ1) is 18.5. The summed E-state index contributed by atoms with van der Waals surface area (Å²) in [4.78, 5) is 34.3. The number of aliphatic carboxylic acids is 1. The maximum atomic E-state index is 12.0. The third-order valence-corrected chi connectivity index (χ3v) is 2.91. The molecular weight excluding hydrogens is 300 g/mol. The highest BCUT2D eigenvalue weighted by molar-refractivity contribution is 5.97. The number of carbonyl (C=O) groups excluding carboxylic acids is 2. The van der Waals surface area contributed by atoms with Crippen molar-refractivity contribution in [2.75, 3.05) is 11.9 Å². The minimum atomic E-state index is -1.06. The number of rotatable bonds is 6. The van der Waals surface area contributed by atoms with Gasteiger partial charge in [-0.25, -0.2) is 4.79 Å². The highest BCUT2D eigenvalue weighted by Crippen LogP contribution is 2.16. The van der Waals surface area contributed by atoms with E-state index >= 15 is 0 Å². The first-order chi connectivity index (χ1) is 10.6. The van der Waals surface area contributed by atoms with E-state index in [2.05, 4.69) is 10.6 Å². The highest BCUT2D eigenvalue weighted by atomic mass is 16.5. The van der Waals surface area contributed by atoms with Gasteiger partial charge in [-0.05, 0) is 31.2 Å². The third kappa shape index (κ3) is 6.37. The van der Waals surface area contributed by atoms with Crippen molar-refractivity contribution in [3.05, 3.63) is 24.3 Å². The molecule has 0 heterocycles. The molecular formula is C16H22N2O5. The lowest BCUT2D eigenvalue weighted by molar-refractivity contribution is -0.139. The molecule has 1 rings (SSSR count). The van der Waals surface area contributed by atoms with Crippen LogP contribution in [0.2, 0.25) is 0 Å². The standard InChI is InChI=1S/C16H22N2O5/c1-10(17-15(22)16(2,3)4)14(21)18-11-5-7-12(8-6-11)23-9-13(19)20/h5-8,10H,9H2,1-4H3,(H,17,22)(H,18,21)(H,19,20). The molecule has 7 nitrogen and oxygen atoms in total. The van der Waals surface area contributed by atoms with Crippen LogP contribution < -0.4 is 15.4 Å². The maximum absolute atomic E-state index is 12.0. The molecule has 0 spiro atoms. The van der Waals surface area contributed by atoms with Crippen molar-refractivity contribution in [3.8, 4) is 5.75 Å². The fourth-order valence-corrected chi connectivity index (χ4v) is 1.51. The molecule has 0 aliphatic carbocycles. The molecule has 1 atom stereocenters. The topological polar surface area (TPSA) is 105 Å². The molecule has 0 fully saturated rings. The Morgan fingerprint density at radius 1 is 1.17 bits per heavy atom. The van der Waals surface area contributed by atoms with E-state index < -0.39 is 24.0 Å². The van der Waals surface area contributed by atoms with Gasteiger partial charge >= 0.3 is 5.97 Å². The van der Waals surface area contributed by atoms with E-state index in [0.717, 1.165) is 0 Å². The van der Waals surface area contributed by atoms with E-state index in [-0.39, 0.29) is 11.8 Å². The number of hydrogen-bond acceptors (Lipinski definition) is 4. The Balaban J connectivity index is 2.56. The maximum Gasteiger partial charge on any atom is 0.341 e. The molecule has 7 heteroatoms. The first-order valence-electron chi connectivity index (χ1n) is 7.16. The number of anilines is 1. The van der Waals surface area contributed by atoms with Crippen molar-refractivity contribution in [1.82, 2.24) is 5.32 Å². The minimum Gasteiger partial charge on any atom is -0.482 e. The van der Waals surface area contributed by atoms with Gasteiger partial charge in [-0.3, -0.25) is 9.59 Å². The summed E-state index contributed by atoms with van der Waals surface area (Å²) in [7, 11) is 0. The Bertz CT molecular complexity index is 575. The molecule has 0 saturated carbocycles. The van der Waals surface area contributed by atoms with Crippen LogP contribution in [0.4, 0.5) is 5.69 Å². The van der Waals surface area contributed by atoms with Gasteiger partial charge in [0.15, 0.2) is 6.61 Å². The van der Waals surface area contributed by atoms with Crippen LogP contribution in [0.25, 0.3) is 0 Å². The number of benzene rings is 1. The first-order valence-corrected chi connectivity index (χ1v) is 7.16. The summed E-state index contributed by atoms with van der Waals surface area (Å²) in [5, 5.41) is 13.8. The summed E-state index contributed by atoms with van der Waals surface area (Å²) in [5.41, 5.74) is -0.0490. The van der Waals surface area contributed by atoms with Crippen LogP contribution in [0, 0.1) is 5.41 Å². The van der Waals surface area contributed by atoms with Gasteiger partial charge in [-0.2, -0.15) is 0 Å². The van der Waals surface area contributed by atoms with E-state index in [0.29, 0.717) is 11.4 Å². The molecule has 0 radical (unpaired) electrons. The summed E-state index contributed by atoms with van der Waals surface area (Å²) >= 11 is 0. The zero-order valence-corrected chi connectivity index (χ0v) is 13.7. The van der Waals surface area contributed by atoms with Crippen molar-refractivity contribution in [3.63, 3.8) is 0 Å². The Morgan fingerprint density at radius 2 is 1.74 bits per heavy atom. The fraction of sp³-hybridized carbons (Fsp3) is 0.438. The minimum absolute atomic E-state index is 0.211. The second-order valence-electron chi connectivity index (χ2n) is 6.14. The third-order valence-electron chi connectivity index (χ3n) is 2.91. The summed E-state index contributed by atoms with van der Waals surface area (Å²) in [6.45, 7) is 6.47. The van der Waals surface area contributed by atoms with Crippen molar-refractivity contribution in [1.29, 1.82) is 0 Å². The second kappa shape index (κ2) is 7.62. The number of carboxylic acids is 1. The van der Waals surface area contributed by atoms with Crippen LogP contribution in [0.5, 0.6) is 5.75 Å². The molecule has 126 valence electrons. The lowest BCUT2D eigenvalue weighted by atomic mass is 9.95. The van der Waals surface area contributed by atoms with E-state index in [9.17, 15) is 14.4 Å². The molecule has 23 heavy (non-hydrogen) atoms. The molecule has 3 N–H and O–H groups in total. The predicted octanol–water partition coefficient (Wildman–Crippen LogP) is 1.64. The van der Waals surface area contributed by atoms with Gasteiger partial charge in [0.05, 0.1) is 0 Å². The van der Waals surface area contributed by atoms with E-state index in [1.165, 1.54) is 0 Å². The Morgan fingerprint density at radius 3 is 2.22 bits per heavy atom. The molecule has 2 amide bonds. The molecule has 1 aromatic carbocycles. The Kier molecular flexibility index (Phi) is 6.12. The lowest BCUT2D eigenvalue weighted by Gasteiger charge is -2.21. The smallest absolute Gasteiger partial charge is 0.341 e. The van der Waals surface area contributed by atoms with E-state index in [1.807, 2.05) is 0 Å². The van der Waals surface area contributed by atoms with Crippen molar-refractivity contribution >= 4 is 23.5 Å². The van der Waals surface area contributed by atoms with E-state index in [4.69, 9.17) is 9.84 Å². The average Bonchev–Trinajstić information content (AvgIpc) is 2.45. The summed E-state index contributed by atoms with van der Waals surface area (Å²) in [6.07, 6.45) is 0. The van der Waals surface area contributed by atoms with Gasteiger partial charge in [-0.15, -0.1) is 0 Å². The number of ether oxygens (including phenoxy) is 1. The van der Waals surface area contributed by atoms with Crippen molar-refractivity contribution in [2.45, 2.75) is 33.7 Å². The monoisotopic (exact) mass is 322 g/mol. The predicted molar refractivity (Wildman–Crippen MR) is 85.3 cm³/mol. The SMILES string of the molecule is CC(NC(=O)C(C)(C)C)C(=O)Nc1ccc(OCC(=O)O)cc1. The summed E-state index contributed by atoms with van der Waals surface area (Å²) in [6, 6.07) is 5.61. The Labute approximate surface area is 135 Å². The van der Waals surface area contributed by atoms with Gasteiger partial charge in [-0.1, -0.05) is 20.8 Å². The van der Waals surface area contributed by atoms with Crippen LogP contribution in [-0.2, 0) is 14.4 Å². The van der Waals surface area contributed by atoms with Gasteiger partial charge in [0.2, 0.25) is 11.8 Å². The number of carbonyl (C=O) groups is 3. The average molecular weight is 322 g/mol. The zero-order chi connectivity index (χ0) is 17.6. The quantitative estimate of drug-likeness (QED) is 0.738. The number of carboxylic acid groups (broad SMARTS) is 1. The molecule has 1 unspecified atom stereocenters. The van der Waals surface area contributed by atoms with Crippen LogP contribution >= 0.6 is 0 Å². The van der Waals surface area contributed by atoms with Gasteiger partial charge in [0.1, 0.15) is 11.8 Å².